The molecule has 2 aromatic heterocycles. The Morgan fingerprint density at radius 2 is 1.95 bits per heavy atom. The van der Waals surface area contributed by atoms with Crippen LogP contribution in [-0.4, -0.2) is 28.2 Å². The molecular formula is C9H5Cl2F4N3O. The maximum Gasteiger partial charge on any atom is 0.367 e. The van der Waals surface area contributed by atoms with Crippen molar-refractivity contribution in [3.05, 3.63) is 22.1 Å². The molecule has 0 atom stereocenters. The number of halogens is 6. The molecular weight excluding hydrogens is 313 g/mol. The molecule has 4 nitrogen and oxygen atoms in total. The van der Waals surface area contributed by atoms with Crippen LogP contribution in [0.25, 0.3) is 11.2 Å². The van der Waals surface area contributed by atoms with Crippen molar-refractivity contribution in [2.24, 2.45) is 0 Å². The predicted octanol–water partition coefficient (Wildman–Crippen LogP) is 3.15. The molecule has 0 N–H and O–H groups in total. The average Bonchev–Trinajstić information content (AvgIpc) is 2.68. The van der Waals surface area contributed by atoms with E-state index in [0.717, 1.165) is 13.2 Å². The number of pyridine rings is 1. The largest absolute Gasteiger partial charge is 0.415 e. The van der Waals surface area contributed by atoms with E-state index in [-0.39, 0.29) is 21.3 Å². The van der Waals surface area contributed by atoms with Crippen LogP contribution in [0.3, 0.4) is 0 Å². The third-order valence-corrected chi connectivity index (χ3v) is 2.94. The Labute approximate surface area is 113 Å². The second-order valence-electron chi connectivity index (χ2n) is 3.44. The van der Waals surface area contributed by atoms with Gasteiger partial charge < -0.3 is 4.84 Å². The van der Waals surface area contributed by atoms with Crippen molar-refractivity contribution in [3.63, 3.8) is 0 Å². The third-order valence-electron chi connectivity index (χ3n) is 2.27. The molecule has 0 aromatic carbocycles. The molecule has 0 spiro atoms. The normalized spacial score (nSPS) is 12.4. The maximum atomic E-state index is 13.4. The Morgan fingerprint density at radius 3 is 2.47 bits per heavy atom. The molecule has 0 aliphatic carbocycles. The van der Waals surface area contributed by atoms with Gasteiger partial charge in [0.15, 0.2) is 5.65 Å². The summed E-state index contributed by atoms with van der Waals surface area (Å²) in [5, 5.41) is -0.221. The fraction of sp³-hybridized carbons (Fsp3) is 0.333. The molecule has 10 heteroatoms. The topological polar surface area (TPSA) is 39.9 Å². The number of hydrogen-bond acceptors (Lipinski definition) is 3. The summed E-state index contributed by atoms with van der Waals surface area (Å²) in [5.74, 6) is -5.76. The Kier molecular flexibility index (Phi) is 3.48. The van der Waals surface area contributed by atoms with Gasteiger partial charge in [-0.25, -0.2) is 18.7 Å². The van der Waals surface area contributed by atoms with Crippen molar-refractivity contribution in [2.75, 3.05) is 7.11 Å². The van der Waals surface area contributed by atoms with Gasteiger partial charge >= 0.3 is 12.3 Å². The van der Waals surface area contributed by atoms with Crippen LogP contribution in [0.15, 0.2) is 6.07 Å². The number of aromatic nitrogens is 3. The average molecular weight is 318 g/mol. The van der Waals surface area contributed by atoms with Gasteiger partial charge in [0.25, 0.3) is 0 Å². The Bertz CT molecular complexity index is 631. The predicted molar refractivity (Wildman–Crippen MR) is 60.0 cm³/mol. The van der Waals surface area contributed by atoms with Crippen LogP contribution in [0.4, 0.5) is 17.6 Å². The Hall–Kier alpha value is -1.28. The summed E-state index contributed by atoms with van der Waals surface area (Å²) < 4.78 is 51.9. The van der Waals surface area contributed by atoms with Crippen LogP contribution in [-0.2, 0) is 5.92 Å². The quantitative estimate of drug-likeness (QED) is 0.645. The zero-order chi connectivity index (χ0) is 14.4. The number of alkyl halides is 4. The van der Waals surface area contributed by atoms with Crippen LogP contribution in [0.1, 0.15) is 5.82 Å². The SMILES string of the molecule is COn1c(C(F)(F)C(F)F)nc2nc(Cl)c(Cl)cc21. The standard InChI is InChI=1S/C9H5Cl2F4N3O/c1-19-18-4-2-3(10)5(11)16-6(4)17-8(18)9(14,15)7(12)13/h2,7H,1H3. The molecule has 0 aliphatic heterocycles. The van der Waals surface area contributed by atoms with Gasteiger partial charge in [-0.05, 0) is 6.07 Å². The monoisotopic (exact) mass is 317 g/mol. The van der Waals surface area contributed by atoms with E-state index in [1.807, 2.05) is 0 Å². The minimum atomic E-state index is -4.49. The van der Waals surface area contributed by atoms with Gasteiger partial charge in [-0.2, -0.15) is 13.5 Å². The van der Waals surface area contributed by atoms with Gasteiger partial charge in [0.05, 0.1) is 5.02 Å². The molecule has 2 heterocycles. The van der Waals surface area contributed by atoms with Crippen molar-refractivity contribution >= 4 is 34.4 Å². The van der Waals surface area contributed by atoms with Crippen LogP contribution < -0.4 is 4.84 Å². The van der Waals surface area contributed by atoms with Gasteiger partial charge in [-0.3, -0.25) is 0 Å². The first kappa shape index (κ1) is 14.1. The van der Waals surface area contributed by atoms with E-state index in [9.17, 15) is 17.6 Å². The molecule has 2 rings (SSSR count). The van der Waals surface area contributed by atoms with Gasteiger partial charge in [0.2, 0.25) is 5.82 Å². The molecule has 0 aliphatic rings. The number of fused-ring (bicyclic) bond motifs is 1. The zero-order valence-corrected chi connectivity index (χ0v) is 10.7. The van der Waals surface area contributed by atoms with Crippen molar-refractivity contribution in [2.45, 2.75) is 12.3 Å². The molecule has 0 radical (unpaired) electrons. The fourth-order valence-corrected chi connectivity index (χ4v) is 1.71. The minimum absolute atomic E-state index is 0.0423. The smallest absolute Gasteiger partial charge is 0.367 e. The summed E-state index contributed by atoms with van der Waals surface area (Å²) in [7, 11) is 1.02. The molecule has 0 bridgehead atoms. The van der Waals surface area contributed by atoms with E-state index in [1.165, 1.54) is 0 Å². The molecule has 104 valence electrons. The van der Waals surface area contributed by atoms with Crippen molar-refractivity contribution < 1.29 is 22.4 Å². The van der Waals surface area contributed by atoms with Crippen LogP contribution >= 0.6 is 23.2 Å². The Balaban J connectivity index is 2.76. The first-order valence-corrected chi connectivity index (χ1v) is 5.50. The van der Waals surface area contributed by atoms with Crippen LogP contribution in [0.2, 0.25) is 10.2 Å². The van der Waals surface area contributed by atoms with Crippen molar-refractivity contribution in [1.82, 2.24) is 14.7 Å². The summed E-state index contributed by atoms with van der Waals surface area (Å²) in [6.45, 7) is 0. The number of imidazole rings is 1. The van der Waals surface area contributed by atoms with Crippen molar-refractivity contribution in [3.8, 4) is 0 Å². The van der Waals surface area contributed by atoms with E-state index >= 15 is 0 Å². The highest BCUT2D eigenvalue weighted by Gasteiger charge is 2.48. The lowest BCUT2D eigenvalue weighted by Gasteiger charge is -2.15. The van der Waals surface area contributed by atoms with Gasteiger partial charge in [-0.15, -0.1) is 0 Å². The van der Waals surface area contributed by atoms with E-state index in [4.69, 9.17) is 23.2 Å². The first-order chi connectivity index (χ1) is 8.78. The van der Waals surface area contributed by atoms with Gasteiger partial charge in [0.1, 0.15) is 17.8 Å². The molecule has 2 aromatic rings. The second kappa shape index (κ2) is 4.68. The number of rotatable bonds is 3. The maximum absolute atomic E-state index is 13.4. The highest BCUT2D eigenvalue weighted by Crippen LogP contribution is 2.36. The fourth-order valence-electron chi connectivity index (χ4n) is 1.43. The second-order valence-corrected chi connectivity index (χ2v) is 4.20. The summed E-state index contributed by atoms with van der Waals surface area (Å²) in [4.78, 5) is 11.6. The molecule has 19 heavy (non-hydrogen) atoms. The number of nitrogens with zero attached hydrogens (tertiary/aromatic N) is 3. The van der Waals surface area contributed by atoms with Gasteiger partial charge in [-0.1, -0.05) is 23.2 Å². The van der Waals surface area contributed by atoms with E-state index in [0.29, 0.717) is 4.73 Å². The highest BCUT2D eigenvalue weighted by atomic mass is 35.5. The molecule has 0 unspecified atom stereocenters. The van der Waals surface area contributed by atoms with Crippen LogP contribution in [0, 0.1) is 0 Å². The summed E-state index contributed by atoms with van der Waals surface area (Å²) in [5.41, 5.74) is -0.362. The third kappa shape index (κ3) is 2.18. The number of hydrogen-bond donors (Lipinski definition) is 0. The van der Waals surface area contributed by atoms with E-state index in [2.05, 4.69) is 14.8 Å². The first-order valence-electron chi connectivity index (χ1n) is 4.74. The Morgan fingerprint density at radius 1 is 1.32 bits per heavy atom. The summed E-state index contributed by atoms with van der Waals surface area (Å²) >= 11 is 11.3. The lowest BCUT2D eigenvalue weighted by molar-refractivity contribution is -0.148. The molecule has 0 saturated heterocycles. The van der Waals surface area contributed by atoms with Gasteiger partial charge in [0, 0.05) is 0 Å². The zero-order valence-electron chi connectivity index (χ0n) is 9.17. The minimum Gasteiger partial charge on any atom is -0.415 e. The molecule has 0 amide bonds. The summed E-state index contributed by atoms with van der Waals surface area (Å²) in [6.07, 6.45) is -3.94. The molecule has 0 saturated carbocycles. The van der Waals surface area contributed by atoms with Crippen molar-refractivity contribution in [1.29, 1.82) is 0 Å². The highest BCUT2D eigenvalue weighted by molar-refractivity contribution is 6.41. The van der Waals surface area contributed by atoms with E-state index < -0.39 is 18.2 Å². The molecule has 0 fully saturated rings. The summed E-state index contributed by atoms with van der Waals surface area (Å²) in [6, 6.07) is 1.15. The lowest BCUT2D eigenvalue weighted by atomic mass is 10.3. The lowest BCUT2D eigenvalue weighted by Crippen LogP contribution is -2.29. The van der Waals surface area contributed by atoms with Crippen LogP contribution in [0.5, 0.6) is 0 Å². The van der Waals surface area contributed by atoms with E-state index in [1.54, 1.807) is 0 Å².